The number of rotatable bonds is 2. The molecule has 0 saturated heterocycles. The highest BCUT2D eigenvalue weighted by Crippen LogP contribution is 2.33. The number of anilines is 2. The molecule has 5 heteroatoms. The maximum absolute atomic E-state index is 5.34. The molecular formula is C14H18N4S. The van der Waals surface area contributed by atoms with Crippen LogP contribution in [-0.2, 0) is 6.42 Å². The summed E-state index contributed by atoms with van der Waals surface area (Å²) in [7, 11) is 0. The topological polar surface area (TPSA) is 36.9 Å². The average molecular weight is 274 g/mol. The van der Waals surface area contributed by atoms with Crippen molar-refractivity contribution in [1.82, 2.24) is 14.8 Å². The highest BCUT2D eigenvalue weighted by Gasteiger charge is 2.23. The molecule has 0 atom stereocenters. The summed E-state index contributed by atoms with van der Waals surface area (Å²) >= 11 is 5.34. The van der Waals surface area contributed by atoms with Crippen LogP contribution >= 0.6 is 12.2 Å². The molecule has 100 valence electrons. The van der Waals surface area contributed by atoms with Gasteiger partial charge in [0.15, 0.2) is 4.77 Å². The first kappa shape index (κ1) is 12.4. The van der Waals surface area contributed by atoms with Gasteiger partial charge in [-0.2, -0.15) is 0 Å². The maximum atomic E-state index is 5.34. The largest absolute Gasteiger partial charge is 0.310 e. The van der Waals surface area contributed by atoms with Crippen molar-refractivity contribution < 1.29 is 0 Å². The van der Waals surface area contributed by atoms with Crippen LogP contribution in [-0.4, -0.2) is 21.3 Å². The van der Waals surface area contributed by atoms with Gasteiger partial charge in [-0.3, -0.25) is 4.57 Å². The van der Waals surface area contributed by atoms with Gasteiger partial charge in [0.2, 0.25) is 5.95 Å². The van der Waals surface area contributed by atoms with Crippen molar-refractivity contribution in [2.75, 3.05) is 11.4 Å². The zero-order valence-electron chi connectivity index (χ0n) is 11.3. The summed E-state index contributed by atoms with van der Waals surface area (Å²) in [6.07, 6.45) is 2.29. The fourth-order valence-corrected chi connectivity index (χ4v) is 3.03. The van der Waals surface area contributed by atoms with Gasteiger partial charge in [0.1, 0.15) is 0 Å². The quantitative estimate of drug-likeness (QED) is 0.850. The Labute approximate surface area is 118 Å². The van der Waals surface area contributed by atoms with Crippen molar-refractivity contribution in [2.24, 2.45) is 0 Å². The lowest BCUT2D eigenvalue weighted by Crippen LogP contribution is -2.27. The van der Waals surface area contributed by atoms with Crippen LogP contribution in [0.25, 0.3) is 0 Å². The van der Waals surface area contributed by atoms with E-state index < -0.39 is 0 Å². The van der Waals surface area contributed by atoms with Gasteiger partial charge in [-0.15, -0.1) is 5.10 Å². The van der Waals surface area contributed by atoms with E-state index in [2.05, 4.69) is 57.8 Å². The number of aromatic nitrogens is 3. The van der Waals surface area contributed by atoms with Crippen LogP contribution in [0.4, 0.5) is 11.6 Å². The number of H-pyrrole nitrogens is 1. The molecule has 2 aromatic rings. The van der Waals surface area contributed by atoms with Crippen molar-refractivity contribution in [2.45, 2.75) is 32.7 Å². The molecule has 3 rings (SSSR count). The Morgan fingerprint density at radius 2 is 2.11 bits per heavy atom. The summed E-state index contributed by atoms with van der Waals surface area (Å²) < 4.78 is 2.77. The monoisotopic (exact) mass is 274 g/mol. The molecule has 1 aliphatic heterocycles. The smallest absolute Gasteiger partial charge is 0.230 e. The van der Waals surface area contributed by atoms with E-state index in [0.29, 0.717) is 10.8 Å². The third kappa shape index (κ3) is 2.08. The zero-order chi connectivity index (χ0) is 13.4. The van der Waals surface area contributed by atoms with E-state index in [1.54, 1.807) is 0 Å². The number of hydrogen-bond acceptors (Lipinski definition) is 3. The molecule has 2 heterocycles. The summed E-state index contributed by atoms with van der Waals surface area (Å²) in [4.78, 5) is 2.27. The minimum atomic E-state index is 0.301. The molecule has 1 aromatic heterocycles. The van der Waals surface area contributed by atoms with Gasteiger partial charge in [-0.1, -0.05) is 18.2 Å². The van der Waals surface area contributed by atoms with Gasteiger partial charge in [-0.25, -0.2) is 5.10 Å². The molecule has 0 spiro atoms. The minimum Gasteiger partial charge on any atom is -0.310 e. The summed E-state index contributed by atoms with van der Waals surface area (Å²) in [6, 6.07) is 8.84. The van der Waals surface area contributed by atoms with Gasteiger partial charge in [-0.05, 0) is 50.5 Å². The van der Waals surface area contributed by atoms with Crippen LogP contribution in [0, 0.1) is 4.77 Å². The first-order valence-corrected chi connectivity index (χ1v) is 7.11. The molecule has 0 bridgehead atoms. The first-order valence-electron chi connectivity index (χ1n) is 6.71. The summed E-state index contributed by atoms with van der Waals surface area (Å²) in [5, 5.41) is 7.35. The van der Waals surface area contributed by atoms with Crippen molar-refractivity contribution in [3.05, 3.63) is 34.6 Å². The van der Waals surface area contributed by atoms with Crippen molar-refractivity contribution in [1.29, 1.82) is 0 Å². The van der Waals surface area contributed by atoms with Crippen LogP contribution in [0.2, 0.25) is 0 Å². The van der Waals surface area contributed by atoms with Gasteiger partial charge < -0.3 is 4.90 Å². The molecule has 4 nitrogen and oxygen atoms in total. The van der Waals surface area contributed by atoms with E-state index in [-0.39, 0.29) is 0 Å². The molecule has 0 amide bonds. The second-order valence-electron chi connectivity index (χ2n) is 5.18. The Bertz CT molecular complexity index is 641. The van der Waals surface area contributed by atoms with E-state index in [4.69, 9.17) is 12.2 Å². The second-order valence-corrected chi connectivity index (χ2v) is 5.56. The van der Waals surface area contributed by atoms with E-state index in [0.717, 1.165) is 25.3 Å². The standard InChI is InChI=1S/C14H18N4S/c1-10(2)18-13(15-16-14(18)19)17-9-5-7-11-6-3-4-8-12(11)17/h3-4,6,8,10H,5,7,9H2,1-2H3,(H,16,19). The Balaban J connectivity index is 2.12. The molecule has 0 radical (unpaired) electrons. The molecule has 0 unspecified atom stereocenters. The van der Waals surface area contributed by atoms with Crippen LogP contribution in [0.3, 0.4) is 0 Å². The number of aromatic amines is 1. The average Bonchev–Trinajstić information content (AvgIpc) is 2.80. The van der Waals surface area contributed by atoms with Gasteiger partial charge in [0.25, 0.3) is 0 Å². The fraction of sp³-hybridized carbons (Fsp3) is 0.429. The van der Waals surface area contributed by atoms with E-state index in [1.165, 1.54) is 11.3 Å². The highest BCUT2D eigenvalue weighted by atomic mass is 32.1. The fourth-order valence-electron chi connectivity index (χ4n) is 2.69. The lowest BCUT2D eigenvalue weighted by atomic mass is 10.0. The third-order valence-electron chi connectivity index (χ3n) is 3.55. The molecule has 0 saturated carbocycles. The third-order valence-corrected chi connectivity index (χ3v) is 3.84. The number of aryl methyl sites for hydroxylation is 1. The Kier molecular flexibility index (Phi) is 3.14. The maximum Gasteiger partial charge on any atom is 0.230 e. The number of fused-ring (bicyclic) bond motifs is 1. The predicted octanol–water partition coefficient (Wildman–Crippen LogP) is 3.61. The number of hydrogen-bond donors (Lipinski definition) is 1. The van der Waals surface area contributed by atoms with Crippen LogP contribution in [0.5, 0.6) is 0 Å². The van der Waals surface area contributed by atoms with E-state index >= 15 is 0 Å². The van der Waals surface area contributed by atoms with Gasteiger partial charge in [0.05, 0.1) is 0 Å². The van der Waals surface area contributed by atoms with Crippen LogP contribution < -0.4 is 4.90 Å². The van der Waals surface area contributed by atoms with Crippen LogP contribution in [0.15, 0.2) is 24.3 Å². The lowest BCUT2D eigenvalue weighted by molar-refractivity contribution is 0.582. The lowest BCUT2D eigenvalue weighted by Gasteiger charge is -2.30. The van der Waals surface area contributed by atoms with Crippen LogP contribution in [0.1, 0.15) is 31.9 Å². The normalized spacial score (nSPS) is 14.8. The molecule has 1 N–H and O–H groups in total. The molecule has 1 aromatic carbocycles. The highest BCUT2D eigenvalue weighted by molar-refractivity contribution is 7.71. The Morgan fingerprint density at radius 3 is 2.89 bits per heavy atom. The number of nitrogens with one attached hydrogen (secondary N) is 1. The van der Waals surface area contributed by atoms with E-state index in [1.807, 2.05) is 0 Å². The summed E-state index contributed by atoms with van der Waals surface area (Å²) in [5.41, 5.74) is 2.64. The zero-order valence-corrected chi connectivity index (χ0v) is 12.1. The molecular weight excluding hydrogens is 256 g/mol. The van der Waals surface area contributed by atoms with Crippen molar-refractivity contribution in [3.8, 4) is 0 Å². The molecule has 19 heavy (non-hydrogen) atoms. The van der Waals surface area contributed by atoms with Crippen molar-refractivity contribution in [3.63, 3.8) is 0 Å². The second kappa shape index (κ2) is 4.81. The SMILES string of the molecule is CC(C)n1c(N2CCCc3ccccc32)n[nH]c1=S. The molecule has 0 aliphatic carbocycles. The number of para-hydroxylation sites is 1. The number of benzene rings is 1. The van der Waals surface area contributed by atoms with Crippen molar-refractivity contribution >= 4 is 23.9 Å². The van der Waals surface area contributed by atoms with Gasteiger partial charge in [0, 0.05) is 18.3 Å². The minimum absolute atomic E-state index is 0.301. The molecule has 1 aliphatic rings. The Morgan fingerprint density at radius 1 is 1.32 bits per heavy atom. The summed E-state index contributed by atoms with van der Waals surface area (Å²) in [5.74, 6) is 0.923. The Hall–Kier alpha value is -1.62. The molecule has 0 fully saturated rings. The van der Waals surface area contributed by atoms with Gasteiger partial charge >= 0.3 is 0 Å². The first-order chi connectivity index (χ1) is 9.18. The predicted molar refractivity (Wildman–Crippen MR) is 79.6 cm³/mol. The summed E-state index contributed by atoms with van der Waals surface area (Å²) in [6.45, 7) is 5.25. The number of nitrogens with zero attached hydrogens (tertiary/aromatic N) is 3. The van der Waals surface area contributed by atoms with E-state index in [9.17, 15) is 0 Å².